The zero-order chi connectivity index (χ0) is 13.6. The molecule has 1 aromatic carbocycles. The van der Waals surface area contributed by atoms with Gasteiger partial charge in [-0.25, -0.2) is 4.39 Å². The second-order valence-electron chi connectivity index (χ2n) is 5.04. The van der Waals surface area contributed by atoms with Crippen molar-refractivity contribution in [1.82, 2.24) is 5.32 Å². The number of ether oxygens (including phenoxy) is 1. The molecule has 4 heteroatoms. The molecule has 0 aromatic heterocycles. The normalized spacial score (nSPS) is 11.6. The fourth-order valence-corrected chi connectivity index (χ4v) is 1.44. The maximum atomic E-state index is 13.7. The second-order valence-corrected chi connectivity index (χ2v) is 5.04. The molecular weight excluding hydrogens is 233 g/mol. The van der Waals surface area contributed by atoms with E-state index in [9.17, 15) is 9.50 Å². The molecular formula is C14H22FNO2. The van der Waals surface area contributed by atoms with Crippen LogP contribution in [0.1, 0.15) is 32.8 Å². The van der Waals surface area contributed by atoms with Crippen molar-refractivity contribution in [2.24, 2.45) is 0 Å². The van der Waals surface area contributed by atoms with Gasteiger partial charge in [0.1, 0.15) is 6.61 Å². The van der Waals surface area contributed by atoms with Crippen LogP contribution in [-0.2, 0) is 6.54 Å². The van der Waals surface area contributed by atoms with E-state index in [-0.39, 0.29) is 12.4 Å². The molecule has 0 bridgehead atoms. The van der Waals surface area contributed by atoms with Gasteiger partial charge in [-0.1, -0.05) is 13.0 Å². The number of nitrogens with one attached hydrogen (secondary N) is 1. The Morgan fingerprint density at radius 1 is 1.39 bits per heavy atom. The fraction of sp³-hybridized carbons (Fsp3) is 0.571. The summed E-state index contributed by atoms with van der Waals surface area (Å²) in [4.78, 5) is 0. The topological polar surface area (TPSA) is 41.5 Å². The minimum absolute atomic E-state index is 0.0668. The van der Waals surface area contributed by atoms with Gasteiger partial charge in [-0.2, -0.15) is 0 Å². The second kappa shape index (κ2) is 6.71. The van der Waals surface area contributed by atoms with Crippen molar-refractivity contribution < 1.29 is 14.2 Å². The van der Waals surface area contributed by atoms with Crippen molar-refractivity contribution in [3.05, 3.63) is 29.6 Å². The van der Waals surface area contributed by atoms with Crippen molar-refractivity contribution in [2.45, 2.75) is 39.3 Å². The smallest absolute Gasteiger partial charge is 0.165 e. The molecule has 0 saturated carbocycles. The highest BCUT2D eigenvalue weighted by atomic mass is 19.1. The molecule has 0 unspecified atom stereocenters. The summed E-state index contributed by atoms with van der Waals surface area (Å²) in [5.41, 5.74) is -0.0788. The molecule has 102 valence electrons. The Labute approximate surface area is 108 Å². The van der Waals surface area contributed by atoms with Gasteiger partial charge in [0, 0.05) is 6.54 Å². The average molecular weight is 255 g/mol. The maximum absolute atomic E-state index is 13.7. The lowest BCUT2D eigenvalue weighted by molar-refractivity contribution is 0.0271. The van der Waals surface area contributed by atoms with E-state index < -0.39 is 11.4 Å². The number of hydrogen-bond donors (Lipinski definition) is 2. The molecule has 1 aromatic rings. The van der Waals surface area contributed by atoms with Gasteiger partial charge in [-0.15, -0.1) is 0 Å². The summed E-state index contributed by atoms with van der Waals surface area (Å²) in [6.45, 7) is 6.95. The van der Waals surface area contributed by atoms with Crippen LogP contribution in [0.4, 0.5) is 4.39 Å². The Hall–Kier alpha value is -1.13. The van der Waals surface area contributed by atoms with Crippen LogP contribution >= 0.6 is 0 Å². The highest BCUT2D eigenvalue weighted by molar-refractivity contribution is 5.29. The summed E-state index contributed by atoms with van der Waals surface area (Å²) in [5, 5.41) is 12.7. The Bertz CT molecular complexity index is 375. The lowest BCUT2D eigenvalue weighted by Crippen LogP contribution is -2.28. The predicted molar refractivity (Wildman–Crippen MR) is 70.2 cm³/mol. The van der Waals surface area contributed by atoms with Crippen LogP contribution in [0.2, 0.25) is 0 Å². The van der Waals surface area contributed by atoms with Crippen molar-refractivity contribution in [2.75, 3.05) is 13.2 Å². The van der Waals surface area contributed by atoms with Crippen LogP contribution in [0.5, 0.6) is 5.75 Å². The van der Waals surface area contributed by atoms with E-state index in [0.717, 1.165) is 18.5 Å². The molecule has 0 aliphatic heterocycles. The van der Waals surface area contributed by atoms with Gasteiger partial charge >= 0.3 is 0 Å². The molecule has 0 saturated heterocycles. The van der Waals surface area contributed by atoms with Crippen molar-refractivity contribution >= 4 is 0 Å². The highest BCUT2D eigenvalue weighted by Crippen LogP contribution is 2.19. The molecule has 0 amide bonds. The van der Waals surface area contributed by atoms with Gasteiger partial charge in [0.2, 0.25) is 0 Å². The number of halogens is 1. The molecule has 0 aliphatic rings. The third-order valence-corrected chi connectivity index (χ3v) is 2.33. The Kier molecular flexibility index (Phi) is 5.56. The zero-order valence-corrected chi connectivity index (χ0v) is 11.3. The monoisotopic (exact) mass is 255 g/mol. The average Bonchev–Trinajstić information content (AvgIpc) is 2.27. The fourth-order valence-electron chi connectivity index (χ4n) is 1.44. The van der Waals surface area contributed by atoms with Gasteiger partial charge in [-0.05, 0) is 44.5 Å². The van der Waals surface area contributed by atoms with E-state index in [4.69, 9.17) is 4.74 Å². The van der Waals surface area contributed by atoms with Crippen molar-refractivity contribution in [3.63, 3.8) is 0 Å². The summed E-state index contributed by atoms with van der Waals surface area (Å²) < 4.78 is 18.9. The van der Waals surface area contributed by atoms with E-state index in [2.05, 4.69) is 12.2 Å². The molecule has 0 atom stereocenters. The summed E-state index contributed by atoms with van der Waals surface area (Å²) in [5.74, 6) is -0.216. The summed E-state index contributed by atoms with van der Waals surface area (Å²) in [7, 11) is 0. The lowest BCUT2D eigenvalue weighted by Gasteiger charge is -2.18. The Morgan fingerprint density at radius 3 is 2.67 bits per heavy atom. The van der Waals surface area contributed by atoms with Gasteiger partial charge < -0.3 is 15.2 Å². The molecule has 18 heavy (non-hydrogen) atoms. The first-order valence-corrected chi connectivity index (χ1v) is 6.26. The summed E-state index contributed by atoms with van der Waals surface area (Å²) in [6.07, 6.45) is 1.05. The van der Waals surface area contributed by atoms with Crippen LogP contribution in [0, 0.1) is 5.82 Å². The van der Waals surface area contributed by atoms with E-state index in [1.165, 1.54) is 6.07 Å². The third-order valence-electron chi connectivity index (χ3n) is 2.33. The number of benzene rings is 1. The Balaban J connectivity index is 2.56. The van der Waals surface area contributed by atoms with Crippen LogP contribution in [-0.4, -0.2) is 23.9 Å². The molecule has 0 aliphatic carbocycles. The van der Waals surface area contributed by atoms with Crippen LogP contribution in [0.15, 0.2) is 18.2 Å². The molecule has 0 spiro atoms. The molecule has 3 nitrogen and oxygen atoms in total. The minimum Gasteiger partial charge on any atom is -0.488 e. The number of rotatable bonds is 7. The van der Waals surface area contributed by atoms with Gasteiger partial charge in [-0.3, -0.25) is 0 Å². The van der Waals surface area contributed by atoms with E-state index in [1.54, 1.807) is 19.9 Å². The SMILES string of the molecule is CCCNCc1ccc(OCC(C)(C)O)c(F)c1. The Morgan fingerprint density at radius 2 is 2.11 bits per heavy atom. The van der Waals surface area contributed by atoms with E-state index >= 15 is 0 Å². The van der Waals surface area contributed by atoms with Crippen molar-refractivity contribution in [3.8, 4) is 5.75 Å². The largest absolute Gasteiger partial charge is 0.488 e. The molecule has 1 rings (SSSR count). The predicted octanol–water partition coefficient (Wildman–Crippen LogP) is 2.48. The van der Waals surface area contributed by atoms with Gasteiger partial charge in [0.15, 0.2) is 11.6 Å². The van der Waals surface area contributed by atoms with Crippen LogP contribution in [0.3, 0.4) is 0 Å². The summed E-state index contributed by atoms with van der Waals surface area (Å²) >= 11 is 0. The number of aliphatic hydroxyl groups is 1. The third kappa shape index (κ3) is 5.47. The summed E-state index contributed by atoms with van der Waals surface area (Å²) in [6, 6.07) is 4.89. The minimum atomic E-state index is -0.964. The first kappa shape index (κ1) is 14.9. The lowest BCUT2D eigenvalue weighted by atomic mass is 10.1. The number of hydrogen-bond acceptors (Lipinski definition) is 3. The van der Waals surface area contributed by atoms with Gasteiger partial charge in [0.25, 0.3) is 0 Å². The van der Waals surface area contributed by atoms with E-state index in [1.807, 2.05) is 6.07 Å². The van der Waals surface area contributed by atoms with Crippen LogP contribution < -0.4 is 10.1 Å². The van der Waals surface area contributed by atoms with Crippen LogP contribution in [0.25, 0.3) is 0 Å². The quantitative estimate of drug-likeness (QED) is 0.735. The molecule has 0 heterocycles. The molecule has 0 radical (unpaired) electrons. The van der Waals surface area contributed by atoms with E-state index in [0.29, 0.717) is 6.54 Å². The van der Waals surface area contributed by atoms with Gasteiger partial charge in [0.05, 0.1) is 5.60 Å². The first-order chi connectivity index (χ1) is 8.42. The molecule has 2 N–H and O–H groups in total. The zero-order valence-electron chi connectivity index (χ0n) is 11.3. The molecule has 0 fully saturated rings. The highest BCUT2D eigenvalue weighted by Gasteiger charge is 2.14. The first-order valence-electron chi connectivity index (χ1n) is 6.26. The maximum Gasteiger partial charge on any atom is 0.165 e. The standard InChI is InChI=1S/C14H22FNO2/c1-4-7-16-9-11-5-6-13(12(15)8-11)18-10-14(2,3)17/h5-6,8,16-17H,4,7,9-10H2,1-3H3. The van der Waals surface area contributed by atoms with Crippen molar-refractivity contribution in [1.29, 1.82) is 0 Å².